The number of fused-ring (bicyclic) bond motifs is 3. The number of ether oxygens (including phenoxy) is 1. The minimum absolute atomic E-state index is 0.161. The second-order valence-corrected chi connectivity index (χ2v) is 8.22. The van der Waals surface area contributed by atoms with Crippen molar-refractivity contribution in [3.63, 3.8) is 0 Å². The van der Waals surface area contributed by atoms with E-state index < -0.39 is 0 Å². The maximum atomic E-state index is 12.2. The molecule has 0 unspecified atom stereocenters. The highest BCUT2D eigenvalue weighted by atomic mass is 32.1. The average molecular weight is 413 g/mol. The number of carbonyl (C=O) groups excluding carboxylic acids is 1. The zero-order valence-corrected chi connectivity index (χ0v) is 17.1. The fourth-order valence-electron chi connectivity index (χ4n) is 3.59. The van der Waals surface area contributed by atoms with Crippen molar-refractivity contribution >= 4 is 33.3 Å². The van der Waals surface area contributed by atoms with Crippen molar-refractivity contribution in [3.8, 4) is 5.75 Å². The van der Waals surface area contributed by atoms with Crippen LogP contribution in [0.1, 0.15) is 48.7 Å². The Hall–Kier alpha value is -2.74. The van der Waals surface area contributed by atoms with Gasteiger partial charge in [-0.2, -0.15) is 0 Å². The minimum Gasteiger partial charge on any atom is -0.484 e. The summed E-state index contributed by atoms with van der Waals surface area (Å²) in [5.74, 6) is 0.169. The van der Waals surface area contributed by atoms with Gasteiger partial charge in [0.2, 0.25) is 5.13 Å². The topological polar surface area (TPSA) is 94.3 Å². The van der Waals surface area contributed by atoms with Gasteiger partial charge in [0.25, 0.3) is 5.91 Å². The molecule has 0 spiro atoms. The molecule has 0 saturated carbocycles. The van der Waals surface area contributed by atoms with E-state index in [2.05, 4.69) is 22.4 Å². The Bertz CT molecular complexity index is 1090. The highest BCUT2D eigenvalue weighted by Gasteiger charge is 2.19. The number of nitrogens with one attached hydrogen (secondary N) is 1. The minimum atomic E-state index is -0.309. The summed E-state index contributed by atoms with van der Waals surface area (Å²) in [4.78, 5) is 24.3. The molecule has 4 rings (SSSR count). The first kappa shape index (κ1) is 19.6. The molecule has 1 aliphatic carbocycles. The molecule has 1 aliphatic rings. The van der Waals surface area contributed by atoms with Crippen LogP contribution in [0, 0.1) is 0 Å². The third-order valence-corrected chi connectivity index (χ3v) is 5.92. The van der Waals surface area contributed by atoms with Gasteiger partial charge < -0.3 is 9.15 Å². The SMILES string of the molecule is CCCCCc1nnc(NC(=O)COc2ccc3c4c(c(=O)oc3c2)CCC4)s1. The Balaban J connectivity index is 1.36. The van der Waals surface area contributed by atoms with Crippen LogP contribution in [-0.4, -0.2) is 22.7 Å². The van der Waals surface area contributed by atoms with E-state index in [-0.39, 0.29) is 18.1 Å². The molecule has 2 aromatic heterocycles. The maximum Gasteiger partial charge on any atom is 0.339 e. The van der Waals surface area contributed by atoms with Crippen molar-refractivity contribution in [1.29, 1.82) is 0 Å². The van der Waals surface area contributed by atoms with Crippen LogP contribution in [0.15, 0.2) is 27.4 Å². The van der Waals surface area contributed by atoms with Gasteiger partial charge in [-0.1, -0.05) is 31.1 Å². The molecule has 1 N–H and O–H groups in total. The maximum absolute atomic E-state index is 12.2. The molecule has 1 aromatic carbocycles. The van der Waals surface area contributed by atoms with Gasteiger partial charge in [0.1, 0.15) is 16.3 Å². The van der Waals surface area contributed by atoms with Crippen molar-refractivity contribution in [2.24, 2.45) is 0 Å². The van der Waals surface area contributed by atoms with Crippen LogP contribution in [0.5, 0.6) is 5.75 Å². The molecule has 29 heavy (non-hydrogen) atoms. The molecule has 0 fully saturated rings. The van der Waals surface area contributed by atoms with Gasteiger partial charge in [0, 0.05) is 23.4 Å². The summed E-state index contributed by atoms with van der Waals surface area (Å²) < 4.78 is 11.0. The van der Waals surface area contributed by atoms with E-state index >= 15 is 0 Å². The second kappa shape index (κ2) is 8.73. The molecular weight excluding hydrogens is 390 g/mol. The van der Waals surface area contributed by atoms with Crippen LogP contribution in [-0.2, 0) is 24.1 Å². The van der Waals surface area contributed by atoms with Crippen LogP contribution in [0.4, 0.5) is 5.13 Å². The summed E-state index contributed by atoms with van der Waals surface area (Å²) in [5.41, 5.74) is 2.09. The fourth-order valence-corrected chi connectivity index (χ4v) is 4.39. The van der Waals surface area contributed by atoms with Crippen molar-refractivity contribution < 1.29 is 13.9 Å². The smallest absolute Gasteiger partial charge is 0.339 e. The lowest BCUT2D eigenvalue weighted by Gasteiger charge is -2.08. The number of hydrogen-bond donors (Lipinski definition) is 1. The Kier molecular flexibility index (Phi) is 5.89. The summed E-state index contributed by atoms with van der Waals surface area (Å²) in [6.45, 7) is 1.99. The van der Waals surface area contributed by atoms with Gasteiger partial charge in [-0.25, -0.2) is 4.79 Å². The lowest BCUT2D eigenvalue weighted by Crippen LogP contribution is -2.20. The van der Waals surface area contributed by atoms with Gasteiger partial charge in [0.05, 0.1) is 0 Å². The number of aromatic nitrogens is 2. The van der Waals surface area contributed by atoms with Gasteiger partial charge in [-0.3, -0.25) is 10.1 Å². The van der Waals surface area contributed by atoms with E-state index in [4.69, 9.17) is 9.15 Å². The Morgan fingerprint density at radius 1 is 1.24 bits per heavy atom. The van der Waals surface area contributed by atoms with Crippen molar-refractivity contribution in [2.75, 3.05) is 11.9 Å². The van der Waals surface area contributed by atoms with Gasteiger partial charge in [0.15, 0.2) is 6.61 Å². The summed E-state index contributed by atoms with van der Waals surface area (Å²) >= 11 is 1.39. The molecule has 0 aliphatic heterocycles. The molecule has 0 radical (unpaired) electrons. The van der Waals surface area contributed by atoms with Crippen LogP contribution >= 0.6 is 11.3 Å². The largest absolute Gasteiger partial charge is 0.484 e. The van der Waals surface area contributed by atoms with Crippen LogP contribution < -0.4 is 15.7 Å². The molecule has 0 atom stereocenters. The lowest BCUT2D eigenvalue weighted by atomic mass is 10.1. The van der Waals surface area contributed by atoms with Gasteiger partial charge in [-0.15, -0.1) is 10.2 Å². The molecule has 8 heteroatoms. The standard InChI is InChI=1S/C21H23N3O4S/c1-2-3-4-8-19-23-24-21(29-19)22-18(25)12-27-13-9-10-15-14-6-5-7-16(14)20(26)28-17(15)11-13/h9-11H,2-8,12H2,1H3,(H,22,24,25). The Labute approximate surface area is 172 Å². The zero-order chi connectivity index (χ0) is 20.2. The van der Waals surface area contributed by atoms with E-state index in [9.17, 15) is 9.59 Å². The number of hydrogen-bond acceptors (Lipinski definition) is 7. The van der Waals surface area contributed by atoms with E-state index in [1.807, 2.05) is 6.07 Å². The monoisotopic (exact) mass is 413 g/mol. The lowest BCUT2D eigenvalue weighted by molar-refractivity contribution is -0.118. The third kappa shape index (κ3) is 4.48. The van der Waals surface area contributed by atoms with Crippen LogP contribution in [0.2, 0.25) is 0 Å². The van der Waals surface area contributed by atoms with Gasteiger partial charge in [-0.05, 0) is 43.4 Å². The van der Waals surface area contributed by atoms with Crippen molar-refractivity contribution in [1.82, 2.24) is 10.2 Å². The molecule has 0 bridgehead atoms. The predicted molar refractivity (Wildman–Crippen MR) is 112 cm³/mol. The normalized spacial score (nSPS) is 12.9. The first-order valence-corrected chi connectivity index (χ1v) is 10.8. The zero-order valence-electron chi connectivity index (χ0n) is 16.3. The number of anilines is 1. The van der Waals surface area contributed by atoms with Crippen LogP contribution in [0.25, 0.3) is 11.0 Å². The summed E-state index contributed by atoms with van der Waals surface area (Å²) in [6, 6.07) is 5.35. The van der Waals surface area contributed by atoms with Crippen LogP contribution in [0.3, 0.4) is 0 Å². The van der Waals surface area contributed by atoms with E-state index in [1.165, 1.54) is 11.3 Å². The first-order valence-electron chi connectivity index (χ1n) is 9.97. The summed E-state index contributed by atoms with van der Waals surface area (Å²) in [7, 11) is 0. The number of benzene rings is 1. The second-order valence-electron chi connectivity index (χ2n) is 7.15. The quantitative estimate of drug-likeness (QED) is 0.445. The third-order valence-electron chi connectivity index (χ3n) is 5.02. The Morgan fingerprint density at radius 3 is 2.97 bits per heavy atom. The predicted octanol–water partition coefficient (Wildman–Crippen LogP) is 3.88. The first-order chi connectivity index (χ1) is 14.1. The summed E-state index contributed by atoms with van der Waals surface area (Å²) in [5, 5.41) is 13.2. The van der Waals surface area contributed by atoms with Crippen molar-refractivity contribution in [3.05, 3.63) is 44.8 Å². The van der Waals surface area contributed by atoms with Crippen molar-refractivity contribution in [2.45, 2.75) is 51.9 Å². The molecule has 0 saturated heterocycles. The van der Waals surface area contributed by atoms with E-state index in [1.54, 1.807) is 12.1 Å². The molecule has 1 amide bonds. The number of nitrogens with zero attached hydrogens (tertiary/aromatic N) is 2. The Morgan fingerprint density at radius 2 is 2.10 bits per heavy atom. The summed E-state index contributed by atoms with van der Waals surface area (Å²) in [6.07, 6.45) is 6.90. The molecule has 3 aromatic rings. The molecule has 2 heterocycles. The van der Waals surface area contributed by atoms with E-state index in [0.29, 0.717) is 16.5 Å². The van der Waals surface area contributed by atoms with Gasteiger partial charge >= 0.3 is 5.63 Å². The molecule has 152 valence electrons. The highest BCUT2D eigenvalue weighted by Crippen LogP contribution is 2.29. The molecular formula is C21H23N3O4S. The molecule has 7 nitrogen and oxygen atoms in total. The van der Waals surface area contributed by atoms with E-state index in [0.717, 1.165) is 66.5 Å². The average Bonchev–Trinajstić information content (AvgIpc) is 3.37. The number of carbonyl (C=O) groups is 1. The number of unbranched alkanes of at least 4 members (excludes halogenated alkanes) is 2. The number of aryl methyl sites for hydroxylation is 2. The number of amides is 1. The number of rotatable bonds is 8. The fraction of sp³-hybridized carbons (Fsp3) is 0.429. The highest BCUT2D eigenvalue weighted by molar-refractivity contribution is 7.15.